The number of nitrogens with one attached hydrogen (secondary N) is 1. The number of amides is 1. The molecule has 2 aromatic heterocycles. The Bertz CT molecular complexity index is 988. The van der Waals surface area contributed by atoms with Crippen LogP contribution in [-0.2, 0) is 6.42 Å². The Hall–Kier alpha value is -3.02. The second-order valence-corrected chi connectivity index (χ2v) is 7.71. The molecule has 0 bridgehead atoms. The summed E-state index contributed by atoms with van der Waals surface area (Å²) >= 11 is 0. The fourth-order valence-corrected chi connectivity index (χ4v) is 4.21. The number of aryl methyl sites for hydroxylation is 2. The molecule has 1 saturated heterocycles. The average molecular weight is 390 g/mol. The Morgan fingerprint density at radius 2 is 1.97 bits per heavy atom. The third-order valence-electron chi connectivity index (χ3n) is 5.81. The number of likely N-dealkylation sites (tertiary alicyclic amines) is 1. The second kappa shape index (κ2) is 8.55. The molecule has 150 valence electrons. The summed E-state index contributed by atoms with van der Waals surface area (Å²) in [7, 11) is 0. The van der Waals surface area contributed by atoms with E-state index < -0.39 is 0 Å². The van der Waals surface area contributed by atoms with Crippen LogP contribution in [0.3, 0.4) is 0 Å². The van der Waals surface area contributed by atoms with Gasteiger partial charge in [0, 0.05) is 36.5 Å². The maximum absolute atomic E-state index is 13.0. The zero-order chi connectivity index (χ0) is 20.2. The molecule has 29 heavy (non-hydrogen) atoms. The summed E-state index contributed by atoms with van der Waals surface area (Å²) in [5, 5.41) is 7.56. The monoisotopic (exact) mass is 389 g/mol. The fourth-order valence-electron chi connectivity index (χ4n) is 4.21. The van der Waals surface area contributed by atoms with E-state index in [9.17, 15) is 4.79 Å². The Labute approximate surface area is 171 Å². The Morgan fingerprint density at radius 3 is 2.72 bits per heavy atom. The third kappa shape index (κ3) is 3.92. The van der Waals surface area contributed by atoms with Gasteiger partial charge in [-0.1, -0.05) is 37.6 Å². The number of benzene rings is 1. The summed E-state index contributed by atoms with van der Waals surface area (Å²) in [5.41, 5.74) is 6.33. The van der Waals surface area contributed by atoms with Crippen LogP contribution in [0.1, 0.15) is 59.4 Å². The first-order chi connectivity index (χ1) is 14.2. The number of rotatable bonds is 5. The van der Waals surface area contributed by atoms with Gasteiger partial charge in [0.25, 0.3) is 5.91 Å². The molecule has 1 amide bonds. The Kier molecular flexibility index (Phi) is 5.69. The van der Waals surface area contributed by atoms with Crippen molar-refractivity contribution in [2.75, 3.05) is 13.1 Å². The van der Waals surface area contributed by atoms with Gasteiger partial charge in [0.05, 0.1) is 17.5 Å². The molecular weight excluding hydrogens is 362 g/mol. The minimum atomic E-state index is 0.0521. The average Bonchev–Trinajstić information content (AvgIpc) is 3.24. The Balaban J connectivity index is 1.48. The highest BCUT2D eigenvalue weighted by atomic mass is 16.2. The number of carbonyl (C=O) groups is 1. The molecule has 0 radical (unpaired) electrons. The van der Waals surface area contributed by atoms with Crippen molar-refractivity contribution in [1.29, 1.82) is 0 Å². The Morgan fingerprint density at radius 1 is 1.17 bits per heavy atom. The molecule has 3 aromatic rings. The molecule has 1 aromatic carbocycles. The molecule has 3 heterocycles. The first-order valence-corrected chi connectivity index (χ1v) is 10.4. The van der Waals surface area contributed by atoms with Crippen LogP contribution in [0.5, 0.6) is 0 Å². The standard InChI is InChI=1S/C23H27N5O/c1-3-6-21-20(13-24-15-25-21)23(29)28-11-9-17(10-12-28)22-19(14-26-27-22)18-8-5-4-7-16(18)2/h4-5,7-8,13-15,17H,3,6,9-12H2,1-2H3,(H,26,27). The highest BCUT2D eigenvalue weighted by molar-refractivity contribution is 5.95. The summed E-state index contributed by atoms with van der Waals surface area (Å²) in [4.78, 5) is 23.4. The first-order valence-electron chi connectivity index (χ1n) is 10.4. The van der Waals surface area contributed by atoms with Crippen LogP contribution in [-0.4, -0.2) is 44.1 Å². The minimum Gasteiger partial charge on any atom is -0.338 e. The van der Waals surface area contributed by atoms with Gasteiger partial charge in [-0.3, -0.25) is 9.89 Å². The lowest BCUT2D eigenvalue weighted by Crippen LogP contribution is -2.38. The summed E-state index contributed by atoms with van der Waals surface area (Å²) in [6.07, 6.45) is 8.71. The molecule has 1 aliphatic heterocycles. The van der Waals surface area contributed by atoms with Gasteiger partial charge in [0.15, 0.2) is 0 Å². The maximum atomic E-state index is 13.0. The first kappa shape index (κ1) is 19.3. The van der Waals surface area contributed by atoms with E-state index in [2.05, 4.69) is 58.3 Å². The SMILES string of the molecule is CCCc1ncncc1C(=O)N1CCC(c2[nH]ncc2-c2ccccc2C)CC1. The zero-order valence-electron chi connectivity index (χ0n) is 17.1. The number of carbonyl (C=O) groups excluding carboxylic acids is 1. The van der Waals surface area contributed by atoms with Gasteiger partial charge in [-0.2, -0.15) is 5.10 Å². The number of aromatic amines is 1. The summed E-state index contributed by atoms with van der Waals surface area (Å²) in [6.45, 7) is 5.69. The van der Waals surface area contributed by atoms with Crippen LogP contribution in [0.4, 0.5) is 0 Å². The lowest BCUT2D eigenvalue weighted by molar-refractivity contribution is 0.0710. The molecule has 1 aliphatic rings. The lowest BCUT2D eigenvalue weighted by atomic mass is 9.88. The molecular formula is C23H27N5O. The van der Waals surface area contributed by atoms with Gasteiger partial charge in [-0.15, -0.1) is 0 Å². The normalized spacial score (nSPS) is 14.9. The molecule has 0 saturated carbocycles. The van der Waals surface area contributed by atoms with Crippen molar-refractivity contribution in [2.45, 2.75) is 45.4 Å². The van der Waals surface area contributed by atoms with Crippen LogP contribution >= 0.6 is 0 Å². The molecule has 1 fully saturated rings. The van der Waals surface area contributed by atoms with Crippen molar-refractivity contribution in [3.05, 3.63) is 65.5 Å². The van der Waals surface area contributed by atoms with Crippen molar-refractivity contribution in [3.8, 4) is 11.1 Å². The van der Waals surface area contributed by atoms with Crippen molar-refractivity contribution in [2.24, 2.45) is 0 Å². The van der Waals surface area contributed by atoms with E-state index in [0.717, 1.165) is 44.5 Å². The summed E-state index contributed by atoms with van der Waals surface area (Å²) in [6, 6.07) is 8.40. The van der Waals surface area contributed by atoms with E-state index in [-0.39, 0.29) is 5.91 Å². The maximum Gasteiger partial charge on any atom is 0.257 e. The predicted octanol–water partition coefficient (Wildman–Crippen LogP) is 4.15. The summed E-state index contributed by atoms with van der Waals surface area (Å²) < 4.78 is 0. The number of aromatic nitrogens is 4. The number of hydrogen-bond acceptors (Lipinski definition) is 4. The largest absolute Gasteiger partial charge is 0.338 e. The lowest BCUT2D eigenvalue weighted by Gasteiger charge is -2.32. The molecule has 4 rings (SSSR count). The summed E-state index contributed by atoms with van der Waals surface area (Å²) in [5.74, 6) is 0.425. The molecule has 0 aliphatic carbocycles. The quantitative estimate of drug-likeness (QED) is 0.711. The van der Waals surface area contributed by atoms with Gasteiger partial charge >= 0.3 is 0 Å². The van der Waals surface area contributed by atoms with Crippen molar-refractivity contribution in [1.82, 2.24) is 25.1 Å². The van der Waals surface area contributed by atoms with Gasteiger partial charge < -0.3 is 4.90 Å². The minimum absolute atomic E-state index is 0.0521. The molecule has 0 atom stereocenters. The van der Waals surface area contributed by atoms with Gasteiger partial charge in [0.2, 0.25) is 0 Å². The molecule has 0 spiro atoms. The zero-order valence-corrected chi connectivity index (χ0v) is 17.1. The van der Waals surface area contributed by atoms with E-state index in [1.54, 1.807) is 6.20 Å². The van der Waals surface area contributed by atoms with Crippen molar-refractivity contribution >= 4 is 5.91 Å². The van der Waals surface area contributed by atoms with E-state index >= 15 is 0 Å². The van der Waals surface area contributed by atoms with Gasteiger partial charge in [0.1, 0.15) is 6.33 Å². The number of H-pyrrole nitrogens is 1. The molecule has 0 unspecified atom stereocenters. The van der Waals surface area contributed by atoms with Crippen molar-refractivity contribution in [3.63, 3.8) is 0 Å². The van der Waals surface area contributed by atoms with Gasteiger partial charge in [-0.25, -0.2) is 9.97 Å². The fraction of sp³-hybridized carbons (Fsp3) is 0.391. The van der Waals surface area contributed by atoms with E-state index in [1.807, 2.05) is 11.1 Å². The highest BCUT2D eigenvalue weighted by Gasteiger charge is 2.28. The predicted molar refractivity (Wildman–Crippen MR) is 113 cm³/mol. The van der Waals surface area contributed by atoms with Crippen LogP contribution < -0.4 is 0 Å². The third-order valence-corrected chi connectivity index (χ3v) is 5.81. The van der Waals surface area contributed by atoms with Crippen LogP contribution in [0.15, 0.2) is 43.0 Å². The van der Waals surface area contributed by atoms with E-state index in [4.69, 9.17) is 0 Å². The molecule has 6 nitrogen and oxygen atoms in total. The van der Waals surface area contributed by atoms with Crippen LogP contribution in [0.2, 0.25) is 0 Å². The number of hydrogen-bond donors (Lipinski definition) is 1. The van der Waals surface area contributed by atoms with Gasteiger partial charge in [-0.05, 0) is 37.3 Å². The highest BCUT2D eigenvalue weighted by Crippen LogP contribution is 2.35. The van der Waals surface area contributed by atoms with Crippen LogP contribution in [0.25, 0.3) is 11.1 Å². The van der Waals surface area contributed by atoms with E-state index in [1.165, 1.54) is 28.7 Å². The second-order valence-electron chi connectivity index (χ2n) is 7.71. The topological polar surface area (TPSA) is 74.8 Å². The molecule has 1 N–H and O–H groups in total. The van der Waals surface area contributed by atoms with Crippen molar-refractivity contribution < 1.29 is 4.79 Å². The smallest absolute Gasteiger partial charge is 0.257 e. The number of nitrogens with zero attached hydrogens (tertiary/aromatic N) is 4. The van der Waals surface area contributed by atoms with Crippen LogP contribution in [0, 0.1) is 6.92 Å². The number of piperidine rings is 1. The molecule has 6 heteroatoms. The van der Waals surface area contributed by atoms with E-state index in [0.29, 0.717) is 11.5 Å².